The zero-order valence-corrected chi connectivity index (χ0v) is 18.1. The molecule has 3 rings (SSSR count). The van der Waals surface area contributed by atoms with Crippen molar-refractivity contribution in [3.63, 3.8) is 0 Å². The van der Waals surface area contributed by atoms with E-state index in [2.05, 4.69) is 91.0 Å². The van der Waals surface area contributed by atoms with Crippen LogP contribution in [0.5, 0.6) is 0 Å². The monoisotopic (exact) mass is 452 g/mol. The molecule has 0 N–H and O–H groups in total. The molecule has 0 amide bonds. The molecule has 0 fully saturated rings. The van der Waals surface area contributed by atoms with Crippen LogP contribution >= 0.6 is 0 Å². The SMILES string of the molecule is COC(=O)C(C)[CH2][Sn]([c]1ccccc1)([c]1ccccc1)[c]1ccccc1. The topological polar surface area (TPSA) is 26.3 Å². The van der Waals surface area contributed by atoms with E-state index in [0.717, 1.165) is 4.44 Å². The summed E-state index contributed by atoms with van der Waals surface area (Å²) in [5.74, 6) is -0.273. The van der Waals surface area contributed by atoms with Gasteiger partial charge < -0.3 is 0 Å². The third kappa shape index (κ3) is 3.70. The van der Waals surface area contributed by atoms with Crippen LogP contribution < -0.4 is 10.7 Å². The Kier molecular flexibility index (Phi) is 6.15. The molecule has 3 aromatic rings. The Bertz CT molecular complexity index is 735. The fraction of sp³-hybridized carbons (Fsp3) is 0.174. The fourth-order valence-electron chi connectivity index (χ4n) is 3.77. The van der Waals surface area contributed by atoms with E-state index in [1.165, 1.54) is 17.8 Å². The first kappa shape index (κ1) is 18.7. The zero-order chi connectivity index (χ0) is 18.4. The van der Waals surface area contributed by atoms with Gasteiger partial charge in [0.05, 0.1) is 0 Å². The Morgan fingerprint density at radius 2 is 1.12 bits per heavy atom. The van der Waals surface area contributed by atoms with E-state index in [9.17, 15) is 4.79 Å². The van der Waals surface area contributed by atoms with Gasteiger partial charge in [-0.1, -0.05) is 0 Å². The predicted octanol–water partition coefficient (Wildman–Crippen LogP) is 2.97. The van der Waals surface area contributed by atoms with Crippen molar-refractivity contribution in [2.24, 2.45) is 5.92 Å². The number of rotatable bonds is 6. The second-order valence-corrected chi connectivity index (χ2v) is 17.9. The molecule has 0 radical (unpaired) electrons. The molecule has 1 unspecified atom stereocenters. The van der Waals surface area contributed by atoms with E-state index in [1.54, 1.807) is 0 Å². The molecule has 132 valence electrons. The first-order valence-electron chi connectivity index (χ1n) is 8.93. The molecule has 0 aliphatic carbocycles. The quantitative estimate of drug-likeness (QED) is 0.426. The molecule has 2 nitrogen and oxygen atoms in total. The van der Waals surface area contributed by atoms with Gasteiger partial charge in [0.25, 0.3) is 0 Å². The molecule has 0 aliphatic rings. The van der Waals surface area contributed by atoms with Crippen molar-refractivity contribution in [3.8, 4) is 0 Å². The van der Waals surface area contributed by atoms with Gasteiger partial charge in [0, 0.05) is 0 Å². The van der Waals surface area contributed by atoms with Gasteiger partial charge in [-0.2, -0.15) is 0 Å². The summed E-state index contributed by atoms with van der Waals surface area (Å²) in [4.78, 5) is 12.3. The number of carbonyl (C=O) groups is 1. The Morgan fingerprint density at radius 3 is 1.42 bits per heavy atom. The van der Waals surface area contributed by atoms with Crippen LogP contribution in [0.1, 0.15) is 6.92 Å². The summed E-state index contributed by atoms with van der Waals surface area (Å²) < 4.78 is 10.1. The molecule has 3 heteroatoms. The molecule has 26 heavy (non-hydrogen) atoms. The van der Waals surface area contributed by atoms with Crippen LogP contribution in [-0.2, 0) is 9.53 Å². The standard InChI is InChI=1S/3C6H5.C5H9O2.Sn/c3*1-2-4-6-5-3-1;1-4(2)5(6)7-3;/h3*1-5H;4H,1H2,2-3H3;. The summed E-state index contributed by atoms with van der Waals surface area (Å²) in [5.41, 5.74) is 0. The van der Waals surface area contributed by atoms with Gasteiger partial charge in [0.2, 0.25) is 0 Å². The summed E-state index contributed by atoms with van der Waals surface area (Å²) in [7, 11) is 1.48. The van der Waals surface area contributed by atoms with E-state index in [0.29, 0.717) is 0 Å². The van der Waals surface area contributed by atoms with E-state index in [4.69, 9.17) is 4.74 Å². The zero-order valence-electron chi connectivity index (χ0n) is 15.3. The normalized spacial score (nSPS) is 12.4. The second-order valence-electron chi connectivity index (χ2n) is 6.63. The fourth-order valence-corrected chi connectivity index (χ4v) is 18.3. The maximum absolute atomic E-state index is 12.3. The molecule has 0 aromatic heterocycles. The van der Waals surface area contributed by atoms with Crippen LogP contribution in [-0.4, -0.2) is 31.5 Å². The van der Waals surface area contributed by atoms with Crippen molar-refractivity contribution in [1.82, 2.24) is 0 Å². The van der Waals surface area contributed by atoms with Crippen molar-refractivity contribution in [2.75, 3.05) is 7.11 Å². The summed E-state index contributed by atoms with van der Waals surface area (Å²) in [6.07, 6.45) is 0. The van der Waals surface area contributed by atoms with Crippen LogP contribution in [0.4, 0.5) is 0 Å². The summed E-state index contributed by atoms with van der Waals surface area (Å²) in [6.45, 7) is 1.99. The molecule has 0 spiro atoms. The molecule has 0 saturated carbocycles. The third-order valence-electron chi connectivity index (χ3n) is 5.02. The van der Waals surface area contributed by atoms with Crippen LogP contribution in [0.3, 0.4) is 0 Å². The molecule has 0 heterocycles. The second kappa shape index (κ2) is 8.54. The van der Waals surface area contributed by atoms with Gasteiger partial charge >= 0.3 is 160 Å². The Morgan fingerprint density at radius 1 is 0.769 bits per heavy atom. The molecule has 0 saturated heterocycles. The third-order valence-corrected chi connectivity index (χ3v) is 19.8. The number of hydrogen-bond donors (Lipinski definition) is 0. The summed E-state index contributed by atoms with van der Waals surface area (Å²) in [5, 5.41) is 0. The van der Waals surface area contributed by atoms with Gasteiger partial charge in [-0.25, -0.2) is 0 Å². The molecule has 0 bridgehead atoms. The van der Waals surface area contributed by atoms with E-state index in [-0.39, 0.29) is 11.9 Å². The Hall–Kier alpha value is -2.07. The van der Waals surface area contributed by atoms with E-state index in [1.807, 2.05) is 6.92 Å². The number of hydrogen-bond acceptors (Lipinski definition) is 2. The van der Waals surface area contributed by atoms with Crippen molar-refractivity contribution in [3.05, 3.63) is 91.0 Å². The molecular formula is C23H24O2Sn. The van der Waals surface area contributed by atoms with Gasteiger partial charge in [-0.3, -0.25) is 0 Å². The van der Waals surface area contributed by atoms with Crippen molar-refractivity contribution < 1.29 is 9.53 Å². The van der Waals surface area contributed by atoms with E-state index >= 15 is 0 Å². The van der Waals surface area contributed by atoms with Gasteiger partial charge in [-0.05, 0) is 0 Å². The minimum atomic E-state index is -3.36. The number of carbonyl (C=O) groups excluding carboxylic acids is 1. The van der Waals surface area contributed by atoms with Crippen LogP contribution in [0.15, 0.2) is 91.0 Å². The van der Waals surface area contributed by atoms with Crippen LogP contribution in [0.25, 0.3) is 0 Å². The van der Waals surface area contributed by atoms with Crippen LogP contribution in [0.2, 0.25) is 4.44 Å². The average molecular weight is 451 g/mol. The predicted molar refractivity (Wildman–Crippen MR) is 110 cm³/mol. The Labute approximate surface area is 159 Å². The van der Waals surface area contributed by atoms with Gasteiger partial charge in [0.15, 0.2) is 0 Å². The van der Waals surface area contributed by atoms with E-state index < -0.39 is 18.4 Å². The maximum atomic E-state index is 12.3. The summed E-state index contributed by atoms with van der Waals surface area (Å²) in [6, 6.07) is 32.2. The van der Waals surface area contributed by atoms with Crippen molar-refractivity contribution in [2.45, 2.75) is 11.4 Å². The number of benzene rings is 3. The molecule has 0 aliphatic heterocycles. The van der Waals surface area contributed by atoms with Crippen molar-refractivity contribution in [1.29, 1.82) is 0 Å². The Balaban J connectivity index is 2.26. The number of esters is 1. The average Bonchev–Trinajstić information content (AvgIpc) is 2.73. The summed E-state index contributed by atoms with van der Waals surface area (Å²) >= 11 is -3.36. The minimum absolute atomic E-state index is 0.131. The van der Waals surface area contributed by atoms with Crippen LogP contribution in [0, 0.1) is 5.92 Å². The molecule has 3 aromatic carbocycles. The molecule has 1 atom stereocenters. The van der Waals surface area contributed by atoms with Gasteiger partial charge in [-0.15, -0.1) is 0 Å². The number of ether oxygens (including phenoxy) is 1. The number of methoxy groups -OCH3 is 1. The first-order chi connectivity index (χ1) is 12.7. The first-order valence-corrected chi connectivity index (χ1v) is 15.2. The van der Waals surface area contributed by atoms with Gasteiger partial charge in [0.1, 0.15) is 0 Å². The van der Waals surface area contributed by atoms with Crippen molar-refractivity contribution >= 4 is 35.1 Å². The molecular weight excluding hydrogens is 427 g/mol.